The van der Waals surface area contributed by atoms with Crippen molar-refractivity contribution in [3.8, 4) is 5.75 Å². The van der Waals surface area contributed by atoms with Gasteiger partial charge in [-0.05, 0) is 31.4 Å². The molecule has 2 aromatic rings. The second kappa shape index (κ2) is 3.94. The Balaban J connectivity index is 2.01. The molecule has 1 aliphatic heterocycles. The Labute approximate surface area is 98.3 Å². The summed E-state index contributed by atoms with van der Waals surface area (Å²) in [5.74, 6) is 0.289. The van der Waals surface area contributed by atoms with E-state index in [2.05, 4.69) is 9.88 Å². The number of fused-ring (bicyclic) bond motifs is 1. The van der Waals surface area contributed by atoms with Crippen LogP contribution in [0.5, 0.6) is 5.75 Å². The zero-order valence-corrected chi connectivity index (χ0v) is 9.83. The number of phenols is 1. The van der Waals surface area contributed by atoms with Crippen LogP contribution >= 0.6 is 11.3 Å². The molecule has 1 aromatic heterocycles. The Kier molecular flexibility index (Phi) is 2.44. The van der Waals surface area contributed by atoms with E-state index in [9.17, 15) is 5.11 Å². The number of thiazole rings is 1. The van der Waals surface area contributed by atoms with Crippen LogP contribution in [-0.2, 0) is 0 Å². The van der Waals surface area contributed by atoms with Crippen LogP contribution in [0.3, 0.4) is 0 Å². The first-order valence-electron chi connectivity index (χ1n) is 5.68. The highest BCUT2D eigenvalue weighted by Gasteiger charge is 2.15. The number of anilines is 1. The Morgan fingerprint density at radius 2 is 2.00 bits per heavy atom. The number of phenolic OH excluding ortho intramolecular Hbond substituents is 1. The summed E-state index contributed by atoms with van der Waals surface area (Å²) < 4.78 is 1.07. The van der Waals surface area contributed by atoms with Gasteiger partial charge in [0.25, 0.3) is 0 Å². The standard InChI is InChI=1S/C12H14N2OS/c15-9-5-4-6-10-11(9)13-12(16-10)14-7-2-1-3-8-14/h4-6,15H,1-3,7-8H2. The van der Waals surface area contributed by atoms with Crippen LogP contribution in [0.2, 0.25) is 0 Å². The zero-order valence-electron chi connectivity index (χ0n) is 9.02. The van der Waals surface area contributed by atoms with E-state index in [1.807, 2.05) is 12.1 Å². The lowest BCUT2D eigenvalue weighted by Crippen LogP contribution is -2.29. The van der Waals surface area contributed by atoms with E-state index in [0.29, 0.717) is 0 Å². The van der Waals surface area contributed by atoms with Gasteiger partial charge in [0.1, 0.15) is 11.3 Å². The normalized spacial score (nSPS) is 16.9. The molecule has 16 heavy (non-hydrogen) atoms. The average Bonchev–Trinajstić information content (AvgIpc) is 2.76. The third-order valence-electron chi connectivity index (χ3n) is 3.01. The topological polar surface area (TPSA) is 36.4 Å². The van der Waals surface area contributed by atoms with Gasteiger partial charge in [-0.15, -0.1) is 0 Å². The Hall–Kier alpha value is -1.29. The minimum atomic E-state index is 0.289. The van der Waals surface area contributed by atoms with E-state index >= 15 is 0 Å². The smallest absolute Gasteiger partial charge is 0.186 e. The number of nitrogens with zero attached hydrogens (tertiary/aromatic N) is 2. The summed E-state index contributed by atoms with van der Waals surface area (Å²) in [4.78, 5) is 6.86. The Morgan fingerprint density at radius 3 is 2.75 bits per heavy atom. The molecule has 1 aromatic carbocycles. The quantitative estimate of drug-likeness (QED) is 0.824. The molecular formula is C12H14N2OS. The second-order valence-corrected chi connectivity index (χ2v) is 5.18. The highest BCUT2D eigenvalue weighted by Crippen LogP contribution is 2.34. The largest absolute Gasteiger partial charge is 0.506 e. The van der Waals surface area contributed by atoms with Gasteiger partial charge in [0, 0.05) is 13.1 Å². The van der Waals surface area contributed by atoms with Gasteiger partial charge in [0.05, 0.1) is 4.70 Å². The number of para-hydroxylation sites is 1. The van der Waals surface area contributed by atoms with Gasteiger partial charge in [0.15, 0.2) is 5.13 Å². The molecule has 3 nitrogen and oxygen atoms in total. The molecule has 2 heterocycles. The molecule has 1 aliphatic rings. The molecule has 0 radical (unpaired) electrons. The van der Waals surface area contributed by atoms with E-state index in [4.69, 9.17) is 0 Å². The second-order valence-electron chi connectivity index (χ2n) is 4.17. The van der Waals surface area contributed by atoms with Gasteiger partial charge in [-0.25, -0.2) is 4.98 Å². The van der Waals surface area contributed by atoms with Crippen LogP contribution in [0.1, 0.15) is 19.3 Å². The van der Waals surface area contributed by atoms with Crippen LogP contribution in [0.4, 0.5) is 5.13 Å². The van der Waals surface area contributed by atoms with E-state index in [-0.39, 0.29) is 5.75 Å². The van der Waals surface area contributed by atoms with E-state index in [1.54, 1.807) is 17.4 Å². The highest BCUT2D eigenvalue weighted by atomic mass is 32.1. The molecule has 0 spiro atoms. The van der Waals surface area contributed by atoms with Gasteiger partial charge < -0.3 is 10.0 Å². The van der Waals surface area contributed by atoms with Crippen molar-refractivity contribution >= 4 is 26.7 Å². The van der Waals surface area contributed by atoms with Gasteiger partial charge in [0.2, 0.25) is 0 Å². The first kappa shape index (κ1) is 9.90. The lowest BCUT2D eigenvalue weighted by Gasteiger charge is -2.25. The number of hydrogen-bond acceptors (Lipinski definition) is 4. The summed E-state index contributed by atoms with van der Waals surface area (Å²) in [7, 11) is 0. The third-order valence-corrected chi connectivity index (χ3v) is 4.09. The third kappa shape index (κ3) is 1.63. The molecule has 1 fully saturated rings. The van der Waals surface area contributed by atoms with Crippen molar-refractivity contribution in [1.29, 1.82) is 0 Å². The maximum absolute atomic E-state index is 9.71. The Morgan fingerprint density at radius 1 is 1.19 bits per heavy atom. The molecule has 0 atom stereocenters. The number of hydrogen-bond donors (Lipinski definition) is 1. The predicted octanol–water partition coefficient (Wildman–Crippen LogP) is 2.99. The van der Waals surface area contributed by atoms with Gasteiger partial charge in [-0.2, -0.15) is 0 Å². The van der Waals surface area contributed by atoms with Crippen molar-refractivity contribution in [2.24, 2.45) is 0 Å². The van der Waals surface area contributed by atoms with Crippen molar-refractivity contribution in [1.82, 2.24) is 4.98 Å². The fraction of sp³-hybridized carbons (Fsp3) is 0.417. The molecule has 0 amide bonds. The molecule has 0 saturated carbocycles. The first-order chi connectivity index (χ1) is 7.84. The maximum Gasteiger partial charge on any atom is 0.186 e. The number of aromatic nitrogens is 1. The SMILES string of the molecule is Oc1cccc2sc(N3CCCCC3)nc12. The molecule has 1 saturated heterocycles. The summed E-state index contributed by atoms with van der Waals surface area (Å²) in [6, 6.07) is 5.58. The van der Waals surface area contributed by atoms with Crippen LogP contribution in [0, 0.1) is 0 Å². The van der Waals surface area contributed by atoms with E-state index < -0.39 is 0 Å². The van der Waals surface area contributed by atoms with Crippen molar-refractivity contribution in [2.45, 2.75) is 19.3 Å². The molecule has 1 N–H and O–H groups in total. The fourth-order valence-electron chi connectivity index (χ4n) is 2.14. The fourth-order valence-corrected chi connectivity index (χ4v) is 3.18. The van der Waals surface area contributed by atoms with Gasteiger partial charge in [-0.1, -0.05) is 17.4 Å². The van der Waals surface area contributed by atoms with Gasteiger partial charge in [-0.3, -0.25) is 0 Å². The van der Waals surface area contributed by atoms with Crippen LogP contribution < -0.4 is 4.90 Å². The lowest BCUT2D eigenvalue weighted by molar-refractivity contribution is 0.480. The highest BCUT2D eigenvalue weighted by molar-refractivity contribution is 7.22. The molecule has 3 rings (SSSR count). The summed E-state index contributed by atoms with van der Waals surface area (Å²) in [5.41, 5.74) is 0.744. The lowest BCUT2D eigenvalue weighted by atomic mass is 10.1. The summed E-state index contributed by atoms with van der Waals surface area (Å²) in [5, 5.41) is 10.8. The summed E-state index contributed by atoms with van der Waals surface area (Å²) >= 11 is 1.67. The van der Waals surface area contributed by atoms with Gasteiger partial charge >= 0.3 is 0 Å². The summed E-state index contributed by atoms with van der Waals surface area (Å²) in [6.07, 6.45) is 3.83. The number of benzene rings is 1. The molecular weight excluding hydrogens is 220 g/mol. The summed E-state index contributed by atoms with van der Waals surface area (Å²) in [6.45, 7) is 2.20. The number of piperidine rings is 1. The van der Waals surface area contributed by atoms with Crippen molar-refractivity contribution in [2.75, 3.05) is 18.0 Å². The van der Waals surface area contributed by atoms with Crippen molar-refractivity contribution in [3.63, 3.8) is 0 Å². The number of aromatic hydroxyl groups is 1. The minimum Gasteiger partial charge on any atom is -0.506 e. The molecule has 84 valence electrons. The Bertz CT molecular complexity index is 503. The first-order valence-corrected chi connectivity index (χ1v) is 6.50. The molecule has 0 bridgehead atoms. The van der Waals surface area contributed by atoms with Crippen molar-refractivity contribution < 1.29 is 5.11 Å². The van der Waals surface area contributed by atoms with E-state index in [1.165, 1.54) is 19.3 Å². The average molecular weight is 234 g/mol. The molecule has 4 heteroatoms. The maximum atomic E-state index is 9.71. The molecule has 0 aliphatic carbocycles. The zero-order chi connectivity index (χ0) is 11.0. The van der Waals surface area contributed by atoms with E-state index in [0.717, 1.165) is 28.4 Å². The van der Waals surface area contributed by atoms with Crippen LogP contribution in [-0.4, -0.2) is 23.2 Å². The molecule has 0 unspecified atom stereocenters. The predicted molar refractivity (Wildman–Crippen MR) is 67.3 cm³/mol. The number of rotatable bonds is 1. The van der Waals surface area contributed by atoms with Crippen molar-refractivity contribution in [3.05, 3.63) is 18.2 Å². The van der Waals surface area contributed by atoms with Crippen LogP contribution in [0.25, 0.3) is 10.2 Å². The van der Waals surface area contributed by atoms with Crippen LogP contribution in [0.15, 0.2) is 18.2 Å². The monoisotopic (exact) mass is 234 g/mol. The minimum absolute atomic E-state index is 0.289.